The Kier molecular flexibility index (Phi) is 8.15. The van der Waals surface area contributed by atoms with Gasteiger partial charge >= 0.3 is 0 Å². The van der Waals surface area contributed by atoms with Gasteiger partial charge in [0.15, 0.2) is 5.00 Å². The van der Waals surface area contributed by atoms with Gasteiger partial charge in [0, 0.05) is 0 Å². The third-order valence-corrected chi connectivity index (χ3v) is 2.94. The van der Waals surface area contributed by atoms with E-state index in [0.29, 0.717) is 0 Å². The number of nitroso groups, excluding NO2 is 1. The summed E-state index contributed by atoms with van der Waals surface area (Å²) >= 11 is 6.12. The molecule has 0 heterocycles. The summed E-state index contributed by atoms with van der Waals surface area (Å²) in [4.78, 5) is 9.82. The van der Waals surface area contributed by atoms with E-state index in [1.54, 1.807) is 0 Å². The van der Waals surface area contributed by atoms with E-state index in [0.717, 1.165) is 51.4 Å². The van der Waals surface area contributed by atoms with Crippen LogP contribution in [0.25, 0.3) is 0 Å². The average Bonchev–Trinajstić information content (AvgIpc) is 2.19. The minimum Gasteiger partial charge on any atom is -0.149 e. The molecule has 0 rings (SSSR count). The van der Waals surface area contributed by atoms with Crippen molar-refractivity contribution in [2.45, 2.75) is 70.2 Å². The molecule has 0 N–H and O–H groups in total. The predicted octanol–water partition coefficient (Wildman–Crippen LogP) is 4.85. The lowest BCUT2D eigenvalue weighted by molar-refractivity contribution is 0.456. The number of hydrogen-bond donors (Lipinski definition) is 0. The summed E-state index contributed by atoms with van der Waals surface area (Å²) < 4.78 is 0. The molecule has 14 heavy (non-hydrogen) atoms. The summed E-state index contributed by atoms with van der Waals surface area (Å²) in [7, 11) is 0. The molecule has 0 spiro atoms. The molecular formula is C11H22ClNO. The van der Waals surface area contributed by atoms with Gasteiger partial charge in [-0.05, 0) is 30.9 Å². The second kappa shape index (κ2) is 8.22. The van der Waals surface area contributed by atoms with Crippen LogP contribution in [0.15, 0.2) is 5.18 Å². The van der Waals surface area contributed by atoms with E-state index >= 15 is 0 Å². The van der Waals surface area contributed by atoms with Crippen molar-refractivity contribution in [3.05, 3.63) is 4.91 Å². The molecule has 0 atom stereocenters. The molecule has 0 fully saturated rings. The zero-order chi connectivity index (χ0) is 10.9. The van der Waals surface area contributed by atoms with Crippen LogP contribution in [0.1, 0.15) is 65.2 Å². The minimum absolute atomic E-state index is 0.732. The van der Waals surface area contributed by atoms with Crippen LogP contribution in [0, 0.1) is 4.91 Å². The molecule has 84 valence electrons. The van der Waals surface area contributed by atoms with E-state index in [1.807, 2.05) is 0 Å². The highest BCUT2D eigenvalue weighted by Crippen LogP contribution is 2.30. The Morgan fingerprint density at radius 2 is 1.43 bits per heavy atom. The zero-order valence-corrected chi connectivity index (χ0v) is 10.1. The summed E-state index contributed by atoms with van der Waals surface area (Å²) in [6.45, 7) is 4.28. The maximum atomic E-state index is 10.6. The van der Waals surface area contributed by atoms with Gasteiger partial charge in [-0.1, -0.05) is 51.1 Å². The quantitative estimate of drug-likeness (QED) is 0.236. The van der Waals surface area contributed by atoms with E-state index in [1.165, 1.54) is 0 Å². The van der Waals surface area contributed by atoms with Crippen molar-refractivity contribution in [3.63, 3.8) is 0 Å². The van der Waals surface area contributed by atoms with Crippen LogP contribution in [-0.4, -0.2) is 5.00 Å². The van der Waals surface area contributed by atoms with Crippen LogP contribution >= 0.6 is 11.6 Å². The van der Waals surface area contributed by atoms with Gasteiger partial charge in [0.2, 0.25) is 0 Å². The zero-order valence-electron chi connectivity index (χ0n) is 9.39. The molecule has 0 aromatic rings. The fraction of sp³-hybridized carbons (Fsp3) is 1.00. The standard InChI is InChI=1S/C11H22ClNO/c1-3-5-7-9-11(12,13-14)10-8-6-4-2/h3-10H2,1-2H3. The number of halogens is 1. The molecule has 0 saturated carbocycles. The number of nitrogens with zero attached hydrogens (tertiary/aromatic N) is 1. The Bertz CT molecular complexity index is 140. The van der Waals surface area contributed by atoms with Gasteiger partial charge in [0.25, 0.3) is 0 Å². The van der Waals surface area contributed by atoms with Gasteiger partial charge in [-0.3, -0.25) is 0 Å². The molecule has 0 aliphatic heterocycles. The van der Waals surface area contributed by atoms with Crippen LogP contribution in [0.4, 0.5) is 0 Å². The summed E-state index contributed by atoms with van der Waals surface area (Å²) in [5.74, 6) is 0. The van der Waals surface area contributed by atoms with Crippen LogP contribution in [0.3, 0.4) is 0 Å². The lowest BCUT2D eigenvalue weighted by atomic mass is 10.0. The lowest BCUT2D eigenvalue weighted by Gasteiger charge is -2.18. The second-order valence-corrected chi connectivity index (χ2v) is 4.63. The first-order valence-electron chi connectivity index (χ1n) is 5.72. The molecule has 0 aromatic carbocycles. The molecule has 0 unspecified atom stereocenters. The van der Waals surface area contributed by atoms with Crippen molar-refractivity contribution in [3.8, 4) is 0 Å². The summed E-state index contributed by atoms with van der Waals surface area (Å²) in [6.07, 6.45) is 8.07. The van der Waals surface area contributed by atoms with Crippen molar-refractivity contribution in [2.75, 3.05) is 0 Å². The van der Waals surface area contributed by atoms with Gasteiger partial charge in [-0.2, -0.15) is 0 Å². The Morgan fingerprint density at radius 3 is 1.71 bits per heavy atom. The van der Waals surface area contributed by atoms with Gasteiger partial charge < -0.3 is 0 Å². The van der Waals surface area contributed by atoms with Crippen LogP contribution in [0.5, 0.6) is 0 Å². The van der Waals surface area contributed by atoms with E-state index in [4.69, 9.17) is 11.6 Å². The van der Waals surface area contributed by atoms with Gasteiger partial charge in [0.1, 0.15) is 0 Å². The Balaban J connectivity index is 3.73. The number of alkyl halides is 1. The molecule has 2 nitrogen and oxygen atoms in total. The number of hydrogen-bond acceptors (Lipinski definition) is 2. The smallest absolute Gasteiger partial charge is 0.149 e. The molecule has 0 saturated heterocycles. The third kappa shape index (κ3) is 6.36. The topological polar surface area (TPSA) is 29.4 Å². The van der Waals surface area contributed by atoms with Crippen LogP contribution in [0.2, 0.25) is 0 Å². The largest absolute Gasteiger partial charge is 0.175 e. The van der Waals surface area contributed by atoms with E-state index in [-0.39, 0.29) is 0 Å². The predicted molar refractivity (Wildman–Crippen MR) is 62.7 cm³/mol. The molecule has 0 aromatic heterocycles. The average molecular weight is 220 g/mol. The fourth-order valence-corrected chi connectivity index (χ4v) is 1.78. The second-order valence-electron chi connectivity index (χ2n) is 3.92. The fourth-order valence-electron chi connectivity index (χ4n) is 1.51. The van der Waals surface area contributed by atoms with Crippen molar-refractivity contribution >= 4 is 11.6 Å². The first-order valence-corrected chi connectivity index (χ1v) is 6.09. The van der Waals surface area contributed by atoms with E-state index in [9.17, 15) is 4.91 Å². The molecule has 0 aliphatic carbocycles. The van der Waals surface area contributed by atoms with E-state index in [2.05, 4.69) is 19.0 Å². The lowest BCUT2D eigenvalue weighted by Crippen LogP contribution is -2.17. The van der Waals surface area contributed by atoms with Crippen LogP contribution < -0.4 is 0 Å². The number of unbranched alkanes of at least 4 members (excludes halogenated alkanes) is 4. The van der Waals surface area contributed by atoms with Gasteiger partial charge in [-0.25, -0.2) is 0 Å². The highest BCUT2D eigenvalue weighted by molar-refractivity contribution is 6.23. The van der Waals surface area contributed by atoms with Crippen molar-refractivity contribution in [1.82, 2.24) is 0 Å². The summed E-state index contributed by atoms with van der Waals surface area (Å²) in [5, 5.41) is 3.08. The third-order valence-electron chi connectivity index (χ3n) is 2.49. The van der Waals surface area contributed by atoms with Gasteiger partial charge in [-0.15, -0.1) is 4.91 Å². The summed E-state index contributed by atoms with van der Waals surface area (Å²) in [6, 6.07) is 0. The monoisotopic (exact) mass is 219 g/mol. The summed E-state index contributed by atoms with van der Waals surface area (Å²) in [5.41, 5.74) is 0. The molecule has 0 aliphatic rings. The van der Waals surface area contributed by atoms with Crippen molar-refractivity contribution in [2.24, 2.45) is 5.18 Å². The Hall–Kier alpha value is -0.110. The highest BCUT2D eigenvalue weighted by Gasteiger charge is 2.26. The maximum Gasteiger partial charge on any atom is 0.175 e. The van der Waals surface area contributed by atoms with E-state index < -0.39 is 5.00 Å². The Labute approximate surface area is 92.4 Å². The molecule has 0 radical (unpaired) electrons. The molecule has 3 heteroatoms. The van der Waals surface area contributed by atoms with Crippen LogP contribution in [-0.2, 0) is 0 Å². The maximum absolute atomic E-state index is 10.6. The number of rotatable bonds is 9. The first-order chi connectivity index (χ1) is 6.68. The normalized spacial score (nSPS) is 11.6. The molecule has 0 bridgehead atoms. The first kappa shape index (κ1) is 13.9. The van der Waals surface area contributed by atoms with Crippen molar-refractivity contribution < 1.29 is 0 Å². The van der Waals surface area contributed by atoms with Crippen molar-refractivity contribution in [1.29, 1.82) is 0 Å². The Morgan fingerprint density at radius 1 is 1.00 bits per heavy atom. The molecular weight excluding hydrogens is 198 g/mol. The SMILES string of the molecule is CCCCCC(Cl)(CCCCC)N=O. The van der Waals surface area contributed by atoms with Gasteiger partial charge in [0.05, 0.1) is 0 Å². The molecule has 0 amide bonds. The minimum atomic E-state index is -0.815. The highest BCUT2D eigenvalue weighted by atomic mass is 35.5.